The first kappa shape index (κ1) is 17.5. The van der Waals surface area contributed by atoms with E-state index in [9.17, 15) is 8.42 Å². The summed E-state index contributed by atoms with van der Waals surface area (Å²) in [4.78, 5) is 4.41. The summed E-state index contributed by atoms with van der Waals surface area (Å²) in [5, 5.41) is 0.662. The average molecular weight is 373 g/mol. The van der Waals surface area contributed by atoms with Crippen LogP contribution >= 0.6 is 11.6 Å². The highest BCUT2D eigenvalue weighted by molar-refractivity contribution is 7.92. The topological polar surface area (TPSA) is 59.1 Å². The third-order valence-electron chi connectivity index (χ3n) is 3.77. The number of halogens is 1. The van der Waals surface area contributed by atoms with Gasteiger partial charge in [0.15, 0.2) is 0 Å². The van der Waals surface area contributed by atoms with Gasteiger partial charge in [0.05, 0.1) is 4.90 Å². The summed E-state index contributed by atoms with van der Waals surface area (Å²) in [5.74, 6) is 0.307. The van der Waals surface area contributed by atoms with E-state index in [1.807, 2.05) is 43.3 Å². The highest BCUT2D eigenvalue weighted by Crippen LogP contribution is 2.26. The summed E-state index contributed by atoms with van der Waals surface area (Å²) in [6, 6.07) is 17.9. The Kier molecular flexibility index (Phi) is 4.79. The molecule has 0 saturated heterocycles. The molecule has 0 aliphatic heterocycles. The first-order chi connectivity index (χ1) is 11.8. The fourth-order valence-electron chi connectivity index (χ4n) is 2.57. The van der Waals surface area contributed by atoms with Crippen LogP contribution in [0.2, 0.25) is 5.02 Å². The number of hydrogen-bond acceptors (Lipinski definition) is 3. The van der Waals surface area contributed by atoms with Gasteiger partial charge in [-0.2, -0.15) is 0 Å². The van der Waals surface area contributed by atoms with Crippen molar-refractivity contribution >= 4 is 27.4 Å². The van der Waals surface area contributed by atoms with E-state index in [0.29, 0.717) is 16.4 Å². The Morgan fingerprint density at radius 1 is 0.920 bits per heavy atom. The fourth-order valence-corrected chi connectivity index (χ4v) is 3.92. The van der Waals surface area contributed by atoms with Crippen molar-refractivity contribution in [2.24, 2.45) is 0 Å². The van der Waals surface area contributed by atoms with Gasteiger partial charge in [-0.25, -0.2) is 13.4 Å². The molecule has 0 aliphatic carbocycles. The zero-order chi connectivity index (χ0) is 18.0. The van der Waals surface area contributed by atoms with Gasteiger partial charge in [-0.3, -0.25) is 4.72 Å². The van der Waals surface area contributed by atoms with Gasteiger partial charge in [-0.1, -0.05) is 41.9 Å². The highest BCUT2D eigenvalue weighted by Gasteiger charge is 2.18. The average Bonchev–Trinajstić information content (AvgIpc) is 2.54. The Hall–Kier alpha value is -2.37. The molecule has 6 heteroatoms. The maximum absolute atomic E-state index is 12.7. The Bertz CT molecular complexity index is 1020. The minimum Gasteiger partial charge on any atom is -0.263 e. The second-order valence-corrected chi connectivity index (χ2v) is 7.84. The first-order valence-corrected chi connectivity index (χ1v) is 9.54. The first-order valence-electron chi connectivity index (χ1n) is 7.68. The maximum atomic E-state index is 12.7. The third kappa shape index (κ3) is 4.00. The largest absolute Gasteiger partial charge is 0.263 e. The van der Waals surface area contributed by atoms with Crippen LogP contribution in [0.15, 0.2) is 65.6 Å². The van der Waals surface area contributed by atoms with Crippen molar-refractivity contribution in [1.29, 1.82) is 0 Å². The molecule has 0 fully saturated rings. The molecule has 1 aromatic heterocycles. The molecular weight excluding hydrogens is 356 g/mol. The van der Waals surface area contributed by atoms with Crippen molar-refractivity contribution in [2.75, 3.05) is 4.72 Å². The Morgan fingerprint density at radius 3 is 2.24 bits per heavy atom. The molecular formula is C19H17ClN2O2S. The van der Waals surface area contributed by atoms with Gasteiger partial charge in [0.25, 0.3) is 10.0 Å². The van der Waals surface area contributed by atoms with Crippen molar-refractivity contribution in [2.45, 2.75) is 18.7 Å². The predicted molar refractivity (Wildman–Crippen MR) is 101 cm³/mol. The Morgan fingerprint density at radius 2 is 1.60 bits per heavy atom. The third-order valence-corrected chi connectivity index (χ3v) is 5.54. The molecule has 0 saturated carbocycles. The summed E-state index contributed by atoms with van der Waals surface area (Å²) < 4.78 is 27.8. The van der Waals surface area contributed by atoms with E-state index >= 15 is 0 Å². The quantitative estimate of drug-likeness (QED) is 0.714. The monoisotopic (exact) mass is 372 g/mol. The lowest BCUT2D eigenvalue weighted by Crippen LogP contribution is -2.15. The molecule has 0 radical (unpaired) electrons. The van der Waals surface area contributed by atoms with Crippen LogP contribution in [0.3, 0.4) is 0 Å². The minimum absolute atomic E-state index is 0.230. The van der Waals surface area contributed by atoms with E-state index in [2.05, 4.69) is 9.71 Å². The lowest BCUT2D eigenvalue weighted by atomic mass is 10.0. The van der Waals surface area contributed by atoms with E-state index < -0.39 is 10.0 Å². The van der Waals surface area contributed by atoms with Crippen LogP contribution in [-0.4, -0.2) is 13.4 Å². The number of nitrogens with zero attached hydrogens (tertiary/aromatic N) is 1. The van der Waals surface area contributed by atoms with Crippen molar-refractivity contribution in [3.63, 3.8) is 0 Å². The molecule has 0 atom stereocenters. The number of aryl methyl sites for hydroxylation is 2. The fraction of sp³-hybridized carbons (Fsp3) is 0.105. The molecule has 3 aromatic rings. The SMILES string of the molecule is Cc1cccc(NS(=O)(=O)c2ccc(-c3ccc(Cl)cc3)cc2C)n1. The van der Waals surface area contributed by atoms with E-state index in [-0.39, 0.29) is 4.90 Å². The Labute approximate surface area is 152 Å². The lowest BCUT2D eigenvalue weighted by Gasteiger charge is -2.12. The van der Waals surface area contributed by atoms with Crippen LogP contribution in [0.1, 0.15) is 11.3 Å². The molecule has 0 amide bonds. The number of rotatable bonds is 4. The number of sulfonamides is 1. The molecule has 0 bridgehead atoms. The standard InChI is InChI=1S/C19H17ClN2O2S/c1-13-12-16(15-6-9-17(20)10-7-15)8-11-18(13)25(23,24)22-19-5-3-4-14(2)21-19/h3-12H,1-2H3,(H,21,22). The maximum Gasteiger partial charge on any atom is 0.263 e. The minimum atomic E-state index is -3.70. The van der Waals surface area contributed by atoms with Gasteiger partial charge < -0.3 is 0 Å². The second-order valence-electron chi connectivity index (χ2n) is 5.76. The van der Waals surface area contributed by atoms with Crippen LogP contribution < -0.4 is 4.72 Å². The number of benzene rings is 2. The zero-order valence-corrected chi connectivity index (χ0v) is 15.4. The normalized spacial score (nSPS) is 11.3. The molecule has 4 nitrogen and oxygen atoms in total. The van der Waals surface area contributed by atoms with Crippen molar-refractivity contribution in [3.8, 4) is 11.1 Å². The van der Waals surface area contributed by atoms with E-state index in [4.69, 9.17) is 11.6 Å². The lowest BCUT2D eigenvalue weighted by molar-refractivity contribution is 0.600. The molecule has 0 spiro atoms. The van der Waals surface area contributed by atoms with Crippen LogP contribution in [-0.2, 0) is 10.0 Å². The summed E-state index contributed by atoms with van der Waals surface area (Å²) in [5.41, 5.74) is 3.31. The zero-order valence-electron chi connectivity index (χ0n) is 13.8. The predicted octanol–water partition coefficient (Wildman–Crippen LogP) is 4.82. The van der Waals surface area contributed by atoms with E-state index in [1.165, 1.54) is 0 Å². The van der Waals surface area contributed by atoms with E-state index in [0.717, 1.165) is 16.8 Å². The van der Waals surface area contributed by atoms with Gasteiger partial charge in [-0.05, 0) is 60.9 Å². The highest BCUT2D eigenvalue weighted by atomic mass is 35.5. The molecule has 0 unspecified atom stereocenters. The van der Waals surface area contributed by atoms with Crippen LogP contribution in [0, 0.1) is 13.8 Å². The number of anilines is 1. The summed E-state index contributed by atoms with van der Waals surface area (Å²) in [6.45, 7) is 3.58. The van der Waals surface area contributed by atoms with Gasteiger partial charge in [0.1, 0.15) is 5.82 Å². The summed E-state index contributed by atoms with van der Waals surface area (Å²) >= 11 is 5.91. The molecule has 0 aliphatic rings. The Balaban J connectivity index is 1.93. The number of aromatic nitrogens is 1. The van der Waals surface area contributed by atoms with Crippen molar-refractivity contribution in [3.05, 3.63) is 76.9 Å². The summed E-state index contributed by atoms with van der Waals surface area (Å²) in [6.07, 6.45) is 0. The van der Waals surface area contributed by atoms with Gasteiger partial charge in [-0.15, -0.1) is 0 Å². The molecule has 25 heavy (non-hydrogen) atoms. The van der Waals surface area contributed by atoms with Crippen molar-refractivity contribution < 1.29 is 8.42 Å². The summed E-state index contributed by atoms with van der Waals surface area (Å²) in [7, 11) is -3.70. The van der Waals surface area contributed by atoms with Gasteiger partial charge >= 0.3 is 0 Å². The van der Waals surface area contributed by atoms with Crippen LogP contribution in [0.4, 0.5) is 5.82 Å². The van der Waals surface area contributed by atoms with Gasteiger partial charge in [0, 0.05) is 10.7 Å². The molecule has 128 valence electrons. The number of hydrogen-bond donors (Lipinski definition) is 1. The number of nitrogens with one attached hydrogen (secondary N) is 1. The van der Waals surface area contributed by atoms with E-state index in [1.54, 1.807) is 31.2 Å². The molecule has 1 heterocycles. The molecule has 1 N–H and O–H groups in total. The molecule has 2 aromatic carbocycles. The van der Waals surface area contributed by atoms with Crippen LogP contribution in [0.5, 0.6) is 0 Å². The smallest absolute Gasteiger partial charge is 0.263 e. The van der Waals surface area contributed by atoms with Crippen molar-refractivity contribution in [1.82, 2.24) is 4.98 Å². The number of pyridine rings is 1. The van der Waals surface area contributed by atoms with Gasteiger partial charge in [0.2, 0.25) is 0 Å². The molecule has 3 rings (SSSR count). The second kappa shape index (κ2) is 6.86. The van der Waals surface area contributed by atoms with Crippen LogP contribution in [0.25, 0.3) is 11.1 Å².